The Morgan fingerprint density at radius 2 is 2.00 bits per heavy atom. The van der Waals surface area contributed by atoms with Crippen molar-refractivity contribution in [2.45, 2.75) is 45.1 Å². The maximum Gasteiger partial charge on any atom is 0.0589 e. The smallest absolute Gasteiger partial charge is 0.0589 e. The van der Waals surface area contributed by atoms with Gasteiger partial charge in [0.25, 0.3) is 0 Å². The highest BCUT2D eigenvalue weighted by molar-refractivity contribution is 4.85. The molecule has 0 fully saturated rings. The van der Waals surface area contributed by atoms with Crippen LogP contribution in [-0.2, 0) is 4.74 Å². The van der Waals surface area contributed by atoms with Crippen LogP contribution in [0.1, 0.15) is 39.5 Å². The summed E-state index contributed by atoms with van der Waals surface area (Å²) in [6.07, 6.45) is 5.01. The lowest BCUT2D eigenvalue weighted by Gasteiger charge is -2.38. The van der Waals surface area contributed by atoms with Crippen LogP contribution < -0.4 is 5.73 Å². The Morgan fingerprint density at radius 3 is 2.47 bits per heavy atom. The van der Waals surface area contributed by atoms with Crippen LogP contribution in [0.2, 0.25) is 0 Å². The van der Waals surface area contributed by atoms with Crippen molar-refractivity contribution in [3.8, 4) is 0 Å². The second kappa shape index (κ2) is 8.08. The van der Waals surface area contributed by atoms with Gasteiger partial charge in [0.2, 0.25) is 0 Å². The van der Waals surface area contributed by atoms with Gasteiger partial charge in [0.1, 0.15) is 0 Å². The normalized spacial score (nSPS) is 15.6. The maximum absolute atomic E-state index is 5.88. The minimum absolute atomic E-state index is 0.133. The van der Waals surface area contributed by atoms with Gasteiger partial charge in [-0.25, -0.2) is 0 Å². The van der Waals surface area contributed by atoms with Gasteiger partial charge in [-0.2, -0.15) is 0 Å². The molecule has 0 aliphatic carbocycles. The Morgan fingerprint density at radius 1 is 1.33 bits per heavy atom. The van der Waals surface area contributed by atoms with Crippen LogP contribution in [0.3, 0.4) is 0 Å². The summed E-state index contributed by atoms with van der Waals surface area (Å²) in [5.74, 6) is 0. The van der Waals surface area contributed by atoms with Crippen molar-refractivity contribution in [3.05, 3.63) is 0 Å². The van der Waals surface area contributed by atoms with E-state index in [1.165, 1.54) is 25.7 Å². The SMILES string of the molecule is CCCCCC(C)(CN)N(C)CCOC. The molecule has 0 aliphatic rings. The number of nitrogens with zero attached hydrogens (tertiary/aromatic N) is 1. The second-order valence-corrected chi connectivity index (χ2v) is 4.57. The molecule has 0 rings (SSSR count). The Bertz CT molecular complexity index is 153. The van der Waals surface area contributed by atoms with Crippen LogP contribution in [0.5, 0.6) is 0 Å². The molecule has 15 heavy (non-hydrogen) atoms. The Kier molecular flexibility index (Phi) is 8.02. The largest absolute Gasteiger partial charge is 0.383 e. The zero-order chi connectivity index (χ0) is 11.7. The summed E-state index contributed by atoms with van der Waals surface area (Å²) < 4.78 is 5.10. The molecule has 0 aromatic rings. The van der Waals surface area contributed by atoms with Crippen LogP contribution in [0, 0.1) is 0 Å². The fourth-order valence-electron chi connectivity index (χ4n) is 1.70. The van der Waals surface area contributed by atoms with E-state index in [9.17, 15) is 0 Å². The van der Waals surface area contributed by atoms with Gasteiger partial charge in [-0.1, -0.05) is 26.2 Å². The molecule has 0 radical (unpaired) electrons. The molecule has 92 valence electrons. The molecule has 0 aromatic carbocycles. The molecule has 0 aromatic heterocycles. The summed E-state index contributed by atoms with van der Waals surface area (Å²) in [5, 5.41) is 0. The number of likely N-dealkylation sites (N-methyl/N-ethyl adjacent to an activating group) is 1. The fraction of sp³-hybridized carbons (Fsp3) is 1.00. The Hall–Kier alpha value is -0.120. The lowest BCUT2D eigenvalue weighted by Crippen LogP contribution is -2.50. The van der Waals surface area contributed by atoms with Gasteiger partial charge >= 0.3 is 0 Å². The molecule has 1 unspecified atom stereocenters. The summed E-state index contributed by atoms with van der Waals surface area (Å²) in [5.41, 5.74) is 6.01. The van der Waals surface area contributed by atoms with Crippen LogP contribution in [0.4, 0.5) is 0 Å². The van der Waals surface area contributed by atoms with Crippen LogP contribution in [0.15, 0.2) is 0 Å². The quantitative estimate of drug-likeness (QED) is 0.598. The standard InChI is InChI=1S/C12H28N2O/c1-5-6-7-8-12(2,11-13)14(3)9-10-15-4/h5-11,13H2,1-4H3. The molecular weight excluding hydrogens is 188 g/mol. The molecule has 0 amide bonds. The van der Waals surface area contributed by atoms with Crippen molar-refractivity contribution < 1.29 is 4.74 Å². The fourth-order valence-corrected chi connectivity index (χ4v) is 1.70. The van der Waals surface area contributed by atoms with E-state index in [0.717, 1.165) is 19.7 Å². The van der Waals surface area contributed by atoms with Crippen LogP contribution in [0.25, 0.3) is 0 Å². The summed E-state index contributed by atoms with van der Waals surface area (Å²) in [7, 11) is 3.88. The number of methoxy groups -OCH3 is 1. The summed E-state index contributed by atoms with van der Waals surface area (Å²) in [4.78, 5) is 2.33. The highest BCUT2D eigenvalue weighted by Gasteiger charge is 2.26. The molecule has 1 atom stereocenters. The van der Waals surface area contributed by atoms with Crippen molar-refractivity contribution in [3.63, 3.8) is 0 Å². The van der Waals surface area contributed by atoms with E-state index in [-0.39, 0.29) is 5.54 Å². The first-order valence-electron chi connectivity index (χ1n) is 6.01. The summed E-state index contributed by atoms with van der Waals surface area (Å²) in [6, 6.07) is 0. The number of rotatable bonds is 9. The predicted octanol–water partition coefficient (Wildman–Crippen LogP) is 1.86. The van der Waals surface area contributed by atoms with E-state index in [1.54, 1.807) is 7.11 Å². The topological polar surface area (TPSA) is 38.5 Å². The third kappa shape index (κ3) is 5.50. The third-order valence-corrected chi connectivity index (χ3v) is 3.31. The number of unbranched alkanes of at least 4 members (excludes halogenated alkanes) is 2. The molecule has 0 bridgehead atoms. The van der Waals surface area contributed by atoms with E-state index in [2.05, 4.69) is 25.8 Å². The highest BCUT2D eigenvalue weighted by atomic mass is 16.5. The van der Waals surface area contributed by atoms with Crippen molar-refractivity contribution in [1.82, 2.24) is 4.90 Å². The van der Waals surface area contributed by atoms with Crippen LogP contribution >= 0.6 is 0 Å². The van der Waals surface area contributed by atoms with E-state index in [4.69, 9.17) is 10.5 Å². The van der Waals surface area contributed by atoms with Gasteiger partial charge in [-0.15, -0.1) is 0 Å². The number of nitrogens with two attached hydrogens (primary N) is 1. The van der Waals surface area contributed by atoms with Gasteiger partial charge < -0.3 is 10.5 Å². The molecule has 0 aliphatic heterocycles. The molecule has 0 heterocycles. The van der Waals surface area contributed by atoms with Crippen molar-refractivity contribution in [2.75, 3.05) is 33.9 Å². The molecule has 0 saturated carbocycles. The van der Waals surface area contributed by atoms with Gasteiger partial charge in [0.15, 0.2) is 0 Å². The molecule has 0 spiro atoms. The van der Waals surface area contributed by atoms with E-state index < -0.39 is 0 Å². The van der Waals surface area contributed by atoms with Gasteiger partial charge in [-0.3, -0.25) is 4.90 Å². The second-order valence-electron chi connectivity index (χ2n) is 4.57. The first kappa shape index (κ1) is 14.9. The number of hydrogen-bond donors (Lipinski definition) is 1. The van der Waals surface area contributed by atoms with E-state index in [0.29, 0.717) is 0 Å². The minimum Gasteiger partial charge on any atom is -0.383 e. The summed E-state index contributed by atoms with van der Waals surface area (Å²) >= 11 is 0. The van der Waals surface area contributed by atoms with Gasteiger partial charge in [0.05, 0.1) is 6.61 Å². The predicted molar refractivity (Wildman–Crippen MR) is 66.1 cm³/mol. The zero-order valence-corrected chi connectivity index (χ0v) is 10.9. The monoisotopic (exact) mass is 216 g/mol. The molecule has 2 N–H and O–H groups in total. The number of hydrogen-bond acceptors (Lipinski definition) is 3. The van der Waals surface area contributed by atoms with Crippen molar-refractivity contribution >= 4 is 0 Å². The molecular formula is C12H28N2O. The maximum atomic E-state index is 5.88. The lowest BCUT2D eigenvalue weighted by atomic mass is 9.93. The third-order valence-electron chi connectivity index (χ3n) is 3.31. The summed E-state index contributed by atoms with van der Waals surface area (Å²) in [6.45, 7) is 6.93. The van der Waals surface area contributed by atoms with Crippen molar-refractivity contribution in [2.24, 2.45) is 5.73 Å². The molecule has 3 heteroatoms. The first-order valence-corrected chi connectivity index (χ1v) is 6.01. The van der Waals surface area contributed by atoms with Gasteiger partial charge in [0, 0.05) is 25.7 Å². The Balaban J connectivity index is 4.02. The zero-order valence-electron chi connectivity index (χ0n) is 10.9. The first-order chi connectivity index (χ1) is 7.10. The number of ether oxygens (including phenoxy) is 1. The van der Waals surface area contributed by atoms with E-state index >= 15 is 0 Å². The van der Waals surface area contributed by atoms with Crippen LogP contribution in [-0.4, -0.2) is 44.3 Å². The minimum atomic E-state index is 0.133. The van der Waals surface area contributed by atoms with Crippen molar-refractivity contribution in [1.29, 1.82) is 0 Å². The average Bonchev–Trinajstić information content (AvgIpc) is 2.25. The highest BCUT2D eigenvalue weighted by Crippen LogP contribution is 2.19. The lowest BCUT2D eigenvalue weighted by molar-refractivity contribution is 0.0867. The van der Waals surface area contributed by atoms with Gasteiger partial charge in [-0.05, 0) is 20.4 Å². The molecule has 0 saturated heterocycles. The Labute approximate surface area is 95.0 Å². The average molecular weight is 216 g/mol. The molecule has 3 nitrogen and oxygen atoms in total. The van der Waals surface area contributed by atoms with E-state index in [1.807, 2.05) is 0 Å².